The van der Waals surface area contributed by atoms with Gasteiger partial charge in [0.15, 0.2) is 0 Å². The molecule has 1 unspecified atom stereocenters. The Labute approximate surface area is 174 Å². The lowest BCUT2D eigenvalue weighted by Gasteiger charge is -2.35. The lowest BCUT2D eigenvalue weighted by Crippen LogP contribution is -2.23. The van der Waals surface area contributed by atoms with Gasteiger partial charge in [-0.1, -0.05) is 75.7 Å². The molecule has 0 bridgehead atoms. The van der Waals surface area contributed by atoms with Crippen LogP contribution in [0.25, 0.3) is 0 Å². The first kappa shape index (κ1) is 21.5. The van der Waals surface area contributed by atoms with Crippen LogP contribution in [0.4, 0.5) is 0 Å². The number of unbranched alkanes of at least 4 members (excludes halogenated alkanes) is 3. The third kappa shape index (κ3) is 6.68. The zero-order valence-electron chi connectivity index (χ0n) is 18.4. The lowest BCUT2D eigenvalue weighted by molar-refractivity contribution is 0.185. The molecule has 1 nitrogen and oxygen atoms in total. The van der Waals surface area contributed by atoms with Gasteiger partial charge in [0.25, 0.3) is 0 Å². The fourth-order valence-electron chi connectivity index (χ4n) is 5.47. The van der Waals surface area contributed by atoms with Crippen LogP contribution >= 0.6 is 0 Å². The average molecular weight is 383 g/mol. The Kier molecular flexibility index (Phi) is 8.96. The van der Waals surface area contributed by atoms with Gasteiger partial charge in [-0.25, -0.2) is 0 Å². The molecule has 1 fully saturated rings. The highest BCUT2D eigenvalue weighted by Gasteiger charge is 2.28. The molecule has 0 saturated heterocycles. The van der Waals surface area contributed by atoms with Gasteiger partial charge in [0, 0.05) is 0 Å². The van der Waals surface area contributed by atoms with Crippen LogP contribution < -0.4 is 4.74 Å². The predicted molar refractivity (Wildman–Crippen MR) is 121 cm³/mol. The highest BCUT2D eigenvalue weighted by molar-refractivity contribution is 5.27. The number of ether oxygens (including phenoxy) is 1. The van der Waals surface area contributed by atoms with Crippen LogP contribution in [0, 0.1) is 17.8 Å². The minimum atomic E-state index is 0.958. The second kappa shape index (κ2) is 11.7. The monoisotopic (exact) mass is 382 g/mol. The van der Waals surface area contributed by atoms with Crippen LogP contribution in [-0.4, -0.2) is 7.11 Å². The second-order valence-electron chi connectivity index (χ2n) is 9.38. The van der Waals surface area contributed by atoms with Gasteiger partial charge < -0.3 is 4.74 Å². The fraction of sp³-hybridized carbons (Fsp3) is 0.704. The summed E-state index contributed by atoms with van der Waals surface area (Å²) in [7, 11) is 1.73. The Balaban J connectivity index is 1.34. The van der Waals surface area contributed by atoms with Crippen LogP contribution in [0.2, 0.25) is 0 Å². The number of allylic oxidation sites excluding steroid dienone is 2. The maximum absolute atomic E-state index is 5.26. The molecule has 1 atom stereocenters. The van der Waals surface area contributed by atoms with Gasteiger partial charge in [-0.05, 0) is 80.4 Å². The zero-order chi connectivity index (χ0) is 19.6. The molecular weight excluding hydrogens is 340 g/mol. The summed E-state index contributed by atoms with van der Waals surface area (Å²) in [6.07, 6.45) is 22.5. The van der Waals surface area contributed by atoms with Crippen molar-refractivity contribution in [2.24, 2.45) is 17.8 Å². The fourth-order valence-corrected chi connectivity index (χ4v) is 5.47. The van der Waals surface area contributed by atoms with Gasteiger partial charge in [-0.3, -0.25) is 0 Å². The summed E-state index contributed by atoms with van der Waals surface area (Å²) < 4.78 is 5.26. The summed E-state index contributed by atoms with van der Waals surface area (Å²) in [5.74, 6) is 4.00. The summed E-state index contributed by atoms with van der Waals surface area (Å²) in [6.45, 7) is 2.31. The van der Waals surface area contributed by atoms with Crippen molar-refractivity contribution in [2.75, 3.05) is 7.11 Å². The molecule has 0 heterocycles. The summed E-state index contributed by atoms with van der Waals surface area (Å²) >= 11 is 0. The Hall–Kier alpha value is -1.24. The van der Waals surface area contributed by atoms with E-state index in [1.165, 1.54) is 95.5 Å². The third-order valence-corrected chi connectivity index (χ3v) is 7.46. The third-order valence-electron chi connectivity index (χ3n) is 7.46. The summed E-state index contributed by atoms with van der Waals surface area (Å²) in [5, 5.41) is 0. The minimum absolute atomic E-state index is 0.958. The van der Waals surface area contributed by atoms with E-state index in [2.05, 4.69) is 37.3 Å². The highest BCUT2D eigenvalue weighted by atomic mass is 16.5. The van der Waals surface area contributed by atoms with E-state index in [1.807, 2.05) is 0 Å². The molecule has 0 spiro atoms. The Morgan fingerprint density at radius 3 is 2.29 bits per heavy atom. The van der Waals surface area contributed by atoms with Gasteiger partial charge in [0.2, 0.25) is 0 Å². The Morgan fingerprint density at radius 2 is 1.64 bits per heavy atom. The van der Waals surface area contributed by atoms with E-state index in [9.17, 15) is 0 Å². The van der Waals surface area contributed by atoms with E-state index in [0.29, 0.717) is 0 Å². The van der Waals surface area contributed by atoms with Crippen molar-refractivity contribution in [3.63, 3.8) is 0 Å². The number of hydrogen-bond acceptors (Lipinski definition) is 1. The maximum Gasteiger partial charge on any atom is 0.118 e. The van der Waals surface area contributed by atoms with E-state index in [4.69, 9.17) is 4.74 Å². The Bertz CT molecular complexity index is 577. The number of rotatable bonds is 10. The molecule has 0 N–H and O–H groups in total. The summed E-state index contributed by atoms with van der Waals surface area (Å²) in [6, 6.07) is 8.60. The van der Waals surface area contributed by atoms with Gasteiger partial charge in [-0.2, -0.15) is 0 Å². The standard InChI is InChI=1S/C27H42O/c1-3-4-5-6-7-22-10-16-25(17-11-22)26-18-12-23(13-19-26)8-9-24-14-20-27(28-2)21-15-24/h12,14-15,20-22,25-26H,3-11,13,16-19H2,1-2H3. The van der Waals surface area contributed by atoms with Gasteiger partial charge >= 0.3 is 0 Å². The number of aryl methyl sites for hydroxylation is 1. The molecule has 0 aromatic heterocycles. The lowest BCUT2D eigenvalue weighted by atomic mass is 9.70. The van der Waals surface area contributed by atoms with Crippen molar-refractivity contribution in [1.82, 2.24) is 0 Å². The number of hydrogen-bond donors (Lipinski definition) is 0. The van der Waals surface area contributed by atoms with Crippen molar-refractivity contribution >= 4 is 0 Å². The van der Waals surface area contributed by atoms with E-state index in [-0.39, 0.29) is 0 Å². The number of methoxy groups -OCH3 is 1. The van der Waals surface area contributed by atoms with Crippen LogP contribution in [0.15, 0.2) is 35.9 Å². The highest BCUT2D eigenvalue weighted by Crippen LogP contribution is 2.41. The number of benzene rings is 1. The average Bonchev–Trinajstić information content (AvgIpc) is 2.76. The topological polar surface area (TPSA) is 9.23 Å². The van der Waals surface area contributed by atoms with E-state index in [0.717, 1.165) is 23.5 Å². The van der Waals surface area contributed by atoms with E-state index in [1.54, 1.807) is 12.7 Å². The molecule has 0 amide bonds. The maximum atomic E-state index is 5.26. The van der Waals surface area contributed by atoms with Crippen molar-refractivity contribution in [2.45, 2.75) is 96.8 Å². The first-order valence-corrected chi connectivity index (χ1v) is 12.1. The van der Waals surface area contributed by atoms with Crippen LogP contribution in [0.1, 0.15) is 96.0 Å². The van der Waals surface area contributed by atoms with Gasteiger partial charge in [-0.15, -0.1) is 0 Å². The second-order valence-corrected chi connectivity index (χ2v) is 9.38. The van der Waals surface area contributed by atoms with Gasteiger partial charge in [0.1, 0.15) is 5.75 Å². The summed E-state index contributed by atoms with van der Waals surface area (Å²) in [4.78, 5) is 0. The quantitative estimate of drug-likeness (QED) is 0.293. The molecular formula is C27H42O. The smallest absolute Gasteiger partial charge is 0.118 e. The Morgan fingerprint density at radius 1 is 0.857 bits per heavy atom. The van der Waals surface area contributed by atoms with Crippen molar-refractivity contribution in [3.05, 3.63) is 41.5 Å². The van der Waals surface area contributed by atoms with E-state index < -0.39 is 0 Å². The van der Waals surface area contributed by atoms with Crippen LogP contribution in [0.5, 0.6) is 5.75 Å². The molecule has 1 saturated carbocycles. The van der Waals surface area contributed by atoms with Crippen LogP contribution in [-0.2, 0) is 6.42 Å². The largest absolute Gasteiger partial charge is 0.497 e. The molecule has 1 aromatic carbocycles. The minimum Gasteiger partial charge on any atom is -0.497 e. The normalized spacial score (nSPS) is 25.4. The zero-order valence-corrected chi connectivity index (χ0v) is 18.4. The van der Waals surface area contributed by atoms with Crippen molar-refractivity contribution in [1.29, 1.82) is 0 Å². The molecule has 0 radical (unpaired) electrons. The summed E-state index contributed by atoms with van der Waals surface area (Å²) in [5.41, 5.74) is 3.14. The molecule has 1 aromatic rings. The molecule has 2 aliphatic carbocycles. The molecule has 3 rings (SSSR count). The van der Waals surface area contributed by atoms with Crippen LogP contribution in [0.3, 0.4) is 0 Å². The molecule has 2 aliphatic rings. The SMILES string of the molecule is CCCCCCC1CCC(C2CC=C(CCc3ccc(OC)cc3)CC2)CC1. The molecule has 0 aliphatic heterocycles. The predicted octanol–water partition coefficient (Wildman–Crippen LogP) is 8.13. The van der Waals surface area contributed by atoms with Crippen molar-refractivity contribution in [3.8, 4) is 5.75 Å². The first-order chi connectivity index (χ1) is 13.8. The van der Waals surface area contributed by atoms with E-state index >= 15 is 0 Å². The first-order valence-electron chi connectivity index (χ1n) is 12.1. The molecule has 156 valence electrons. The molecule has 28 heavy (non-hydrogen) atoms. The molecule has 1 heteroatoms. The van der Waals surface area contributed by atoms with Crippen molar-refractivity contribution < 1.29 is 4.74 Å². The van der Waals surface area contributed by atoms with Gasteiger partial charge in [0.05, 0.1) is 7.11 Å².